The summed E-state index contributed by atoms with van der Waals surface area (Å²) in [4.78, 5) is 11.1. The van der Waals surface area contributed by atoms with E-state index in [2.05, 4.69) is 14.9 Å². The summed E-state index contributed by atoms with van der Waals surface area (Å²) in [5, 5.41) is 9.55. The van der Waals surface area contributed by atoms with Crippen molar-refractivity contribution >= 4 is 5.95 Å². The van der Waals surface area contributed by atoms with Gasteiger partial charge in [-0.3, -0.25) is 0 Å². The molecular weight excluding hydrogens is 252 g/mol. The smallest absolute Gasteiger partial charge is 0.225 e. The quantitative estimate of drug-likeness (QED) is 0.870. The number of hydrogen-bond acceptors (Lipinski definition) is 5. The van der Waals surface area contributed by atoms with Gasteiger partial charge in [0.2, 0.25) is 5.95 Å². The van der Waals surface area contributed by atoms with Crippen LogP contribution in [0.2, 0.25) is 0 Å². The monoisotopic (exact) mass is 270 g/mol. The average Bonchev–Trinajstić information content (AvgIpc) is 2.48. The highest BCUT2D eigenvalue weighted by molar-refractivity contribution is 5.61. The minimum absolute atomic E-state index is 0.242. The topological polar surface area (TPSA) is 75.3 Å². The molecule has 1 aromatic heterocycles. The highest BCUT2D eigenvalue weighted by Crippen LogP contribution is 2.23. The fraction of sp³-hybridized carbons (Fsp3) is 0.333. The molecule has 0 spiro atoms. The Morgan fingerprint density at radius 2 is 2.00 bits per heavy atom. The van der Waals surface area contributed by atoms with Gasteiger partial charge in [-0.1, -0.05) is 12.1 Å². The van der Waals surface area contributed by atoms with Gasteiger partial charge in [0.1, 0.15) is 5.75 Å². The SMILES string of the molecule is NC1CCN(c2nccc(-c3cccc(O)c3)n2)CC1. The van der Waals surface area contributed by atoms with Crippen molar-refractivity contribution in [2.45, 2.75) is 18.9 Å². The van der Waals surface area contributed by atoms with Crippen LogP contribution in [0.25, 0.3) is 11.3 Å². The van der Waals surface area contributed by atoms with E-state index in [4.69, 9.17) is 5.73 Å². The molecule has 1 fully saturated rings. The zero-order chi connectivity index (χ0) is 13.9. The number of piperidine rings is 1. The summed E-state index contributed by atoms with van der Waals surface area (Å²) in [6, 6.07) is 9.24. The van der Waals surface area contributed by atoms with Gasteiger partial charge in [-0.15, -0.1) is 0 Å². The molecule has 1 saturated heterocycles. The lowest BCUT2D eigenvalue weighted by Gasteiger charge is -2.30. The third kappa shape index (κ3) is 2.72. The summed E-state index contributed by atoms with van der Waals surface area (Å²) >= 11 is 0. The van der Waals surface area contributed by atoms with Crippen LogP contribution in [-0.4, -0.2) is 34.2 Å². The van der Waals surface area contributed by atoms with Crippen LogP contribution in [0.1, 0.15) is 12.8 Å². The summed E-state index contributed by atoms with van der Waals surface area (Å²) in [5.74, 6) is 0.976. The molecule has 3 N–H and O–H groups in total. The van der Waals surface area contributed by atoms with Gasteiger partial charge in [-0.25, -0.2) is 9.97 Å². The van der Waals surface area contributed by atoms with E-state index >= 15 is 0 Å². The predicted molar refractivity (Wildman–Crippen MR) is 78.6 cm³/mol. The van der Waals surface area contributed by atoms with Crippen LogP contribution in [-0.2, 0) is 0 Å². The van der Waals surface area contributed by atoms with E-state index in [1.165, 1.54) is 0 Å². The molecule has 2 heterocycles. The third-order valence-corrected chi connectivity index (χ3v) is 3.61. The Balaban J connectivity index is 1.86. The van der Waals surface area contributed by atoms with Crippen LogP contribution in [0.3, 0.4) is 0 Å². The van der Waals surface area contributed by atoms with Crippen LogP contribution in [0, 0.1) is 0 Å². The highest BCUT2D eigenvalue weighted by Gasteiger charge is 2.18. The molecule has 0 bridgehead atoms. The Bertz CT molecular complexity index is 594. The fourth-order valence-corrected chi connectivity index (χ4v) is 2.43. The molecular formula is C15H18N4O. The maximum absolute atomic E-state index is 9.55. The van der Waals surface area contributed by atoms with Gasteiger partial charge < -0.3 is 15.7 Å². The van der Waals surface area contributed by atoms with Gasteiger partial charge in [0.25, 0.3) is 0 Å². The molecule has 0 unspecified atom stereocenters. The largest absolute Gasteiger partial charge is 0.508 e. The first-order valence-electron chi connectivity index (χ1n) is 6.85. The van der Waals surface area contributed by atoms with Crippen molar-refractivity contribution in [3.05, 3.63) is 36.5 Å². The third-order valence-electron chi connectivity index (χ3n) is 3.61. The number of rotatable bonds is 2. The van der Waals surface area contributed by atoms with Crippen molar-refractivity contribution < 1.29 is 5.11 Å². The molecule has 1 aromatic carbocycles. The maximum Gasteiger partial charge on any atom is 0.225 e. The van der Waals surface area contributed by atoms with Crippen LogP contribution in [0.15, 0.2) is 36.5 Å². The molecule has 5 nitrogen and oxygen atoms in total. The summed E-state index contributed by atoms with van der Waals surface area (Å²) in [6.07, 6.45) is 3.70. The molecule has 0 aliphatic carbocycles. The Kier molecular flexibility index (Phi) is 3.52. The van der Waals surface area contributed by atoms with Gasteiger partial charge in [0, 0.05) is 30.9 Å². The van der Waals surface area contributed by atoms with Gasteiger partial charge in [-0.05, 0) is 31.0 Å². The normalized spacial score (nSPS) is 16.4. The first-order chi connectivity index (χ1) is 9.72. The molecule has 0 saturated carbocycles. The number of nitrogens with two attached hydrogens (primary N) is 1. The van der Waals surface area contributed by atoms with E-state index in [1.807, 2.05) is 18.2 Å². The second-order valence-corrected chi connectivity index (χ2v) is 5.12. The molecule has 0 amide bonds. The lowest BCUT2D eigenvalue weighted by Crippen LogP contribution is -2.40. The van der Waals surface area contributed by atoms with Crippen molar-refractivity contribution in [1.82, 2.24) is 9.97 Å². The summed E-state index contributed by atoms with van der Waals surface area (Å²) in [6.45, 7) is 1.79. The number of benzene rings is 1. The molecule has 1 aliphatic rings. The number of phenolic OH excluding ortho intramolecular Hbond substituents is 1. The van der Waals surface area contributed by atoms with E-state index < -0.39 is 0 Å². The standard InChI is InChI=1S/C15H18N4O/c16-12-5-8-19(9-6-12)15-17-7-4-14(18-15)11-2-1-3-13(20)10-11/h1-4,7,10,12,20H,5-6,8-9,16H2. The van der Waals surface area contributed by atoms with Gasteiger partial charge in [0.15, 0.2) is 0 Å². The molecule has 0 radical (unpaired) electrons. The second-order valence-electron chi connectivity index (χ2n) is 5.12. The van der Waals surface area contributed by atoms with Crippen molar-refractivity contribution in [2.24, 2.45) is 5.73 Å². The summed E-state index contributed by atoms with van der Waals surface area (Å²) in [7, 11) is 0. The average molecular weight is 270 g/mol. The van der Waals surface area contributed by atoms with Crippen LogP contribution in [0.5, 0.6) is 5.75 Å². The Hall–Kier alpha value is -2.14. The van der Waals surface area contributed by atoms with Crippen molar-refractivity contribution in [1.29, 1.82) is 0 Å². The predicted octanol–water partition coefficient (Wildman–Crippen LogP) is 1.78. The fourth-order valence-electron chi connectivity index (χ4n) is 2.43. The number of aromatic hydroxyl groups is 1. The molecule has 20 heavy (non-hydrogen) atoms. The van der Waals surface area contributed by atoms with E-state index in [0.29, 0.717) is 6.04 Å². The summed E-state index contributed by atoms with van der Waals surface area (Å²) in [5.41, 5.74) is 7.63. The van der Waals surface area contributed by atoms with E-state index in [1.54, 1.807) is 18.3 Å². The molecule has 0 atom stereocenters. The molecule has 1 aliphatic heterocycles. The van der Waals surface area contributed by atoms with Gasteiger partial charge in [0.05, 0.1) is 5.69 Å². The number of anilines is 1. The highest BCUT2D eigenvalue weighted by atomic mass is 16.3. The number of phenols is 1. The van der Waals surface area contributed by atoms with Crippen LogP contribution < -0.4 is 10.6 Å². The van der Waals surface area contributed by atoms with Crippen molar-refractivity contribution in [3.63, 3.8) is 0 Å². The van der Waals surface area contributed by atoms with Gasteiger partial charge in [-0.2, -0.15) is 0 Å². The number of aromatic nitrogens is 2. The summed E-state index contributed by atoms with van der Waals surface area (Å²) < 4.78 is 0. The van der Waals surface area contributed by atoms with Gasteiger partial charge >= 0.3 is 0 Å². The van der Waals surface area contributed by atoms with Crippen LogP contribution >= 0.6 is 0 Å². The minimum atomic E-state index is 0.242. The van der Waals surface area contributed by atoms with E-state index in [0.717, 1.165) is 43.1 Å². The first kappa shape index (κ1) is 12.9. The van der Waals surface area contributed by atoms with Crippen molar-refractivity contribution in [2.75, 3.05) is 18.0 Å². The molecule has 104 valence electrons. The lowest BCUT2D eigenvalue weighted by atomic mass is 10.1. The molecule has 2 aromatic rings. The zero-order valence-electron chi connectivity index (χ0n) is 11.2. The van der Waals surface area contributed by atoms with E-state index in [9.17, 15) is 5.11 Å². The first-order valence-corrected chi connectivity index (χ1v) is 6.85. The maximum atomic E-state index is 9.55. The Labute approximate surface area is 118 Å². The zero-order valence-corrected chi connectivity index (χ0v) is 11.2. The number of hydrogen-bond donors (Lipinski definition) is 2. The second kappa shape index (κ2) is 5.46. The van der Waals surface area contributed by atoms with E-state index in [-0.39, 0.29) is 5.75 Å². The van der Waals surface area contributed by atoms with Crippen LogP contribution in [0.4, 0.5) is 5.95 Å². The lowest BCUT2D eigenvalue weighted by molar-refractivity contribution is 0.475. The molecule has 5 heteroatoms. The minimum Gasteiger partial charge on any atom is -0.508 e. The Morgan fingerprint density at radius 3 is 2.75 bits per heavy atom. The number of nitrogens with zero attached hydrogens (tertiary/aromatic N) is 3. The Morgan fingerprint density at radius 1 is 1.20 bits per heavy atom. The molecule has 3 rings (SSSR count). The van der Waals surface area contributed by atoms with Crippen molar-refractivity contribution in [3.8, 4) is 17.0 Å².